The zero-order valence-electron chi connectivity index (χ0n) is 14.3. The SMILES string of the molecule is CC(C)c1nnsc1CNC(=O)[C@@H]1CC(=O)N(Cc2ccccn2)C1. The molecule has 0 saturated carbocycles. The summed E-state index contributed by atoms with van der Waals surface area (Å²) in [6.07, 6.45) is 1.95. The Morgan fingerprint density at radius 2 is 2.28 bits per heavy atom. The van der Waals surface area contributed by atoms with Crippen molar-refractivity contribution in [3.63, 3.8) is 0 Å². The predicted octanol–water partition coefficient (Wildman–Crippen LogP) is 1.72. The van der Waals surface area contributed by atoms with Crippen molar-refractivity contribution < 1.29 is 9.59 Å². The monoisotopic (exact) mass is 359 g/mol. The van der Waals surface area contributed by atoms with Crippen molar-refractivity contribution in [3.05, 3.63) is 40.7 Å². The predicted molar refractivity (Wildman–Crippen MR) is 93.6 cm³/mol. The van der Waals surface area contributed by atoms with Gasteiger partial charge in [0.1, 0.15) is 0 Å². The summed E-state index contributed by atoms with van der Waals surface area (Å²) in [5.74, 6) is -0.153. The van der Waals surface area contributed by atoms with E-state index < -0.39 is 0 Å². The van der Waals surface area contributed by atoms with Gasteiger partial charge in [0.15, 0.2) is 0 Å². The molecule has 1 fully saturated rings. The highest BCUT2D eigenvalue weighted by Crippen LogP contribution is 2.22. The van der Waals surface area contributed by atoms with E-state index in [1.165, 1.54) is 11.5 Å². The van der Waals surface area contributed by atoms with Crippen LogP contribution in [-0.4, -0.2) is 37.8 Å². The van der Waals surface area contributed by atoms with E-state index in [0.717, 1.165) is 16.3 Å². The van der Waals surface area contributed by atoms with Gasteiger partial charge < -0.3 is 10.2 Å². The number of pyridine rings is 1. The molecule has 3 rings (SSSR count). The van der Waals surface area contributed by atoms with E-state index in [2.05, 4.69) is 19.9 Å². The zero-order chi connectivity index (χ0) is 17.8. The summed E-state index contributed by atoms with van der Waals surface area (Å²) >= 11 is 1.30. The number of rotatable bonds is 6. The molecule has 0 aromatic carbocycles. The summed E-state index contributed by atoms with van der Waals surface area (Å²) < 4.78 is 3.96. The van der Waals surface area contributed by atoms with Gasteiger partial charge in [0.05, 0.1) is 35.3 Å². The lowest BCUT2D eigenvalue weighted by Crippen LogP contribution is -2.32. The molecule has 1 N–H and O–H groups in total. The van der Waals surface area contributed by atoms with Crippen LogP contribution in [0, 0.1) is 5.92 Å². The fourth-order valence-electron chi connectivity index (χ4n) is 2.88. The first-order chi connectivity index (χ1) is 12.0. The van der Waals surface area contributed by atoms with Crippen LogP contribution in [0.15, 0.2) is 24.4 Å². The second-order valence-electron chi connectivity index (χ2n) is 6.45. The maximum Gasteiger partial charge on any atom is 0.225 e. The summed E-state index contributed by atoms with van der Waals surface area (Å²) in [5, 5.41) is 7.03. The molecule has 0 bridgehead atoms. The molecule has 0 radical (unpaired) electrons. The smallest absolute Gasteiger partial charge is 0.225 e. The number of nitrogens with one attached hydrogen (secondary N) is 1. The number of aromatic nitrogens is 3. The Kier molecular flexibility index (Phi) is 5.37. The first-order valence-corrected chi connectivity index (χ1v) is 9.08. The van der Waals surface area contributed by atoms with Crippen LogP contribution >= 0.6 is 11.5 Å². The molecule has 2 amide bonds. The van der Waals surface area contributed by atoms with E-state index in [-0.39, 0.29) is 30.1 Å². The van der Waals surface area contributed by atoms with E-state index in [1.807, 2.05) is 32.0 Å². The molecular formula is C17H21N5O2S. The van der Waals surface area contributed by atoms with E-state index in [4.69, 9.17) is 0 Å². The standard InChI is InChI=1S/C17H21N5O2S/c1-11(2)16-14(25-21-20-16)8-19-17(24)12-7-15(23)22(9-12)10-13-5-3-4-6-18-13/h3-6,11-12H,7-10H2,1-2H3,(H,19,24)/t12-/m1/s1. The van der Waals surface area contributed by atoms with Crippen LogP contribution in [0.25, 0.3) is 0 Å². The average molecular weight is 359 g/mol. The minimum Gasteiger partial charge on any atom is -0.351 e. The van der Waals surface area contributed by atoms with Gasteiger partial charge in [0.2, 0.25) is 11.8 Å². The Labute approximate surface area is 150 Å². The summed E-state index contributed by atoms with van der Waals surface area (Å²) in [7, 11) is 0. The van der Waals surface area contributed by atoms with Gasteiger partial charge in [0.25, 0.3) is 0 Å². The fourth-order valence-corrected chi connectivity index (χ4v) is 3.61. The molecule has 1 saturated heterocycles. The van der Waals surface area contributed by atoms with E-state index in [9.17, 15) is 9.59 Å². The molecule has 0 aliphatic carbocycles. The third-order valence-electron chi connectivity index (χ3n) is 4.22. The molecule has 2 aromatic heterocycles. The Morgan fingerprint density at radius 3 is 3.00 bits per heavy atom. The molecule has 1 aliphatic heterocycles. The first kappa shape index (κ1) is 17.5. The zero-order valence-corrected chi connectivity index (χ0v) is 15.1. The van der Waals surface area contributed by atoms with E-state index in [0.29, 0.717) is 19.6 Å². The van der Waals surface area contributed by atoms with Crippen molar-refractivity contribution in [2.45, 2.75) is 39.3 Å². The van der Waals surface area contributed by atoms with Crippen LogP contribution in [-0.2, 0) is 22.7 Å². The van der Waals surface area contributed by atoms with Crippen LogP contribution in [0.1, 0.15) is 42.5 Å². The molecule has 0 unspecified atom stereocenters. The van der Waals surface area contributed by atoms with Gasteiger partial charge in [-0.15, -0.1) is 5.10 Å². The maximum atomic E-state index is 12.4. The summed E-state index contributed by atoms with van der Waals surface area (Å²) in [4.78, 5) is 31.5. The minimum atomic E-state index is -0.320. The molecule has 8 heteroatoms. The molecule has 3 heterocycles. The topological polar surface area (TPSA) is 88.1 Å². The number of carbonyl (C=O) groups is 2. The van der Waals surface area contributed by atoms with Crippen molar-refractivity contribution in [1.29, 1.82) is 0 Å². The quantitative estimate of drug-likeness (QED) is 0.848. The number of hydrogen-bond acceptors (Lipinski definition) is 6. The van der Waals surface area contributed by atoms with Crippen LogP contribution in [0.5, 0.6) is 0 Å². The molecular weight excluding hydrogens is 338 g/mol. The fraction of sp³-hybridized carbons (Fsp3) is 0.471. The second kappa shape index (κ2) is 7.69. The highest BCUT2D eigenvalue weighted by molar-refractivity contribution is 7.05. The largest absolute Gasteiger partial charge is 0.351 e. The summed E-state index contributed by atoms with van der Waals surface area (Å²) in [5.41, 5.74) is 1.75. The van der Waals surface area contributed by atoms with Gasteiger partial charge in [-0.3, -0.25) is 14.6 Å². The number of nitrogens with zero attached hydrogens (tertiary/aromatic N) is 4. The molecule has 0 spiro atoms. The highest BCUT2D eigenvalue weighted by Gasteiger charge is 2.34. The number of hydrogen-bond donors (Lipinski definition) is 1. The number of carbonyl (C=O) groups excluding carboxylic acids is 2. The van der Waals surface area contributed by atoms with E-state index >= 15 is 0 Å². The van der Waals surface area contributed by atoms with Gasteiger partial charge in [-0.05, 0) is 29.6 Å². The van der Waals surface area contributed by atoms with E-state index in [1.54, 1.807) is 11.1 Å². The maximum absolute atomic E-state index is 12.4. The highest BCUT2D eigenvalue weighted by atomic mass is 32.1. The Hall–Kier alpha value is -2.35. The van der Waals surface area contributed by atoms with Crippen LogP contribution in [0.4, 0.5) is 0 Å². The van der Waals surface area contributed by atoms with Gasteiger partial charge >= 0.3 is 0 Å². The van der Waals surface area contributed by atoms with Gasteiger partial charge in [0, 0.05) is 19.2 Å². The van der Waals surface area contributed by atoms with Crippen molar-refractivity contribution in [2.75, 3.05) is 6.54 Å². The van der Waals surface area contributed by atoms with Crippen molar-refractivity contribution in [3.8, 4) is 0 Å². The molecule has 25 heavy (non-hydrogen) atoms. The van der Waals surface area contributed by atoms with Gasteiger partial charge in [-0.1, -0.05) is 24.4 Å². The summed E-state index contributed by atoms with van der Waals surface area (Å²) in [6, 6.07) is 5.61. The lowest BCUT2D eigenvalue weighted by Gasteiger charge is -2.16. The van der Waals surface area contributed by atoms with Crippen molar-refractivity contribution in [1.82, 2.24) is 24.8 Å². The second-order valence-corrected chi connectivity index (χ2v) is 7.29. The van der Waals surface area contributed by atoms with Crippen molar-refractivity contribution in [2.24, 2.45) is 5.92 Å². The lowest BCUT2D eigenvalue weighted by atomic mass is 10.1. The number of amides is 2. The normalized spacial score (nSPS) is 17.3. The molecule has 2 aromatic rings. The minimum absolute atomic E-state index is 0.00636. The molecule has 1 aliphatic rings. The Morgan fingerprint density at radius 1 is 1.44 bits per heavy atom. The van der Waals surface area contributed by atoms with Gasteiger partial charge in [-0.2, -0.15) is 0 Å². The summed E-state index contributed by atoms with van der Waals surface area (Å²) in [6.45, 7) is 5.38. The Bertz CT molecular complexity index is 747. The number of likely N-dealkylation sites (tertiary alicyclic amines) is 1. The van der Waals surface area contributed by atoms with Crippen molar-refractivity contribution >= 4 is 23.3 Å². The molecule has 132 valence electrons. The van der Waals surface area contributed by atoms with Crippen LogP contribution < -0.4 is 5.32 Å². The average Bonchev–Trinajstić information content (AvgIpc) is 3.21. The third kappa shape index (κ3) is 4.19. The van der Waals surface area contributed by atoms with Gasteiger partial charge in [-0.25, -0.2) is 0 Å². The molecule has 1 atom stereocenters. The van der Waals surface area contributed by atoms with Crippen LogP contribution in [0.3, 0.4) is 0 Å². The molecule has 7 nitrogen and oxygen atoms in total. The van der Waals surface area contributed by atoms with Crippen LogP contribution in [0.2, 0.25) is 0 Å². The first-order valence-electron chi connectivity index (χ1n) is 8.31. The Balaban J connectivity index is 1.55. The lowest BCUT2D eigenvalue weighted by molar-refractivity contribution is -0.129. The third-order valence-corrected chi connectivity index (χ3v) is 4.96.